The summed E-state index contributed by atoms with van der Waals surface area (Å²) in [5.41, 5.74) is 0.995. The first kappa shape index (κ1) is 24.7. The first-order chi connectivity index (χ1) is 15.6. The number of sulfone groups is 1. The van der Waals surface area contributed by atoms with Gasteiger partial charge in [0.2, 0.25) is 21.1 Å². The Morgan fingerprint density at radius 1 is 1.00 bits per heavy atom. The molecule has 0 radical (unpaired) electrons. The topological polar surface area (TPSA) is 104 Å². The van der Waals surface area contributed by atoms with Gasteiger partial charge in [-0.1, -0.05) is 42.3 Å². The molecule has 8 nitrogen and oxygen atoms in total. The van der Waals surface area contributed by atoms with Crippen LogP contribution in [0.25, 0.3) is 0 Å². The minimum Gasteiger partial charge on any atom is -0.339 e. The van der Waals surface area contributed by atoms with Crippen LogP contribution in [0.3, 0.4) is 0 Å². The third kappa shape index (κ3) is 5.72. The molecular formula is C23H26ClN3O5S. The van der Waals surface area contributed by atoms with Crippen LogP contribution >= 0.6 is 11.6 Å². The number of carbonyl (C=O) groups is 3. The van der Waals surface area contributed by atoms with E-state index in [1.54, 1.807) is 36.1 Å². The van der Waals surface area contributed by atoms with Crippen molar-refractivity contribution in [1.82, 2.24) is 15.1 Å². The maximum absolute atomic E-state index is 13.4. The van der Waals surface area contributed by atoms with Crippen molar-refractivity contribution in [2.45, 2.75) is 30.5 Å². The molecule has 1 atom stereocenters. The second-order valence-electron chi connectivity index (χ2n) is 7.78. The molecule has 1 aliphatic heterocycles. The van der Waals surface area contributed by atoms with Gasteiger partial charge in [-0.2, -0.15) is 0 Å². The van der Waals surface area contributed by atoms with Gasteiger partial charge in [0, 0.05) is 43.2 Å². The van der Waals surface area contributed by atoms with Crippen LogP contribution in [0.1, 0.15) is 29.3 Å². The van der Waals surface area contributed by atoms with E-state index in [0.29, 0.717) is 24.5 Å². The van der Waals surface area contributed by atoms with Crippen LogP contribution in [0.15, 0.2) is 53.4 Å². The van der Waals surface area contributed by atoms with Gasteiger partial charge in [-0.3, -0.25) is 14.4 Å². The van der Waals surface area contributed by atoms with Gasteiger partial charge in [0.15, 0.2) is 0 Å². The Balaban J connectivity index is 1.89. The normalized spacial score (nSPS) is 15.1. The van der Waals surface area contributed by atoms with Gasteiger partial charge in [-0.05, 0) is 37.3 Å². The Morgan fingerprint density at radius 2 is 1.61 bits per heavy atom. The largest absolute Gasteiger partial charge is 0.339 e. The third-order valence-electron chi connectivity index (χ3n) is 5.48. The van der Waals surface area contributed by atoms with Crippen molar-refractivity contribution < 1.29 is 22.8 Å². The first-order valence-electron chi connectivity index (χ1n) is 10.6. The Bertz CT molecular complexity index is 1140. The second-order valence-corrected chi connectivity index (χ2v) is 10.3. The predicted octanol–water partition coefficient (Wildman–Crippen LogP) is 2.26. The summed E-state index contributed by atoms with van der Waals surface area (Å²) in [5.74, 6) is -1.50. The lowest BCUT2D eigenvalue weighted by atomic mass is 10.2. The summed E-state index contributed by atoms with van der Waals surface area (Å²) in [6.07, 6.45) is 0.355. The van der Waals surface area contributed by atoms with Crippen molar-refractivity contribution in [3.8, 4) is 0 Å². The zero-order chi connectivity index (χ0) is 24.2. The van der Waals surface area contributed by atoms with E-state index in [2.05, 4.69) is 5.32 Å². The minimum atomic E-state index is -4.25. The molecule has 1 heterocycles. The summed E-state index contributed by atoms with van der Waals surface area (Å²) in [7, 11) is -4.25. The maximum Gasteiger partial charge on any atom is 0.261 e. The summed E-state index contributed by atoms with van der Waals surface area (Å²) in [5, 5.41) is 0.888. The van der Waals surface area contributed by atoms with E-state index in [-0.39, 0.29) is 29.5 Å². The van der Waals surface area contributed by atoms with E-state index in [9.17, 15) is 22.8 Å². The molecule has 0 unspecified atom stereocenters. The Labute approximate surface area is 198 Å². The summed E-state index contributed by atoms with van der Waals surface area (Å²) >= 11 is 5.96. The van der Waals surface area contributed by atoms with Crippen LogP contribution < -0.4 is 5.32 Å². The number of nitrogens with zero attached hydrogens (tertiary/aromatic N) is 2. The van der Waals surface area contributed by atoms with E-state index in [0.717, 1.165) is 5.56 Å². The molecule has 1 saturated heterocycles. The highest BCUT2D eigenvalue weighted by molar-refractivity contribution is 7.92. The molecule has 0 bridgehead atoms. The molecular weight excluding hydrogens is 466 g/mol. The molecule has 0 spiro atoms. The molecule has 2 aromatic carbocycles. The van der Waals surface area contributed by atoms with Gasteiger partial charge in [-0.25, -0.2) is 8.42 Å². The maximum atomic E-state index is 13.4. The van der Waals surface area contributed by atoms with E-state index < -0.39 is 27.0 Å². The molecule has 1 N–H and O–H groups in total. The molecule has 0 saturated carbocycles. The fourth-order valence-corrected chi connectivity index (χ4v) is 5.19. The molecule has 0 aliphatic carbocycles. The third-order valence-corrected chi connectivity index (χ3v) is 7.58. The fourth-order valence-electron chi connectivity index (χ4n) is 3.53. The molecule has 176 valence electrons. The smallest absolute Gasteiger partial charge is 0.261 e. The number of piperazine rings is 1. The van der Waals surface area contributed by atoms with Crippen LogP contribution in [0, 0.1) is 6.92 Å². The Kier molecular flexibility index (Phi) is 7.76. The SMILES string of the molecule is CCC(=O)N1CCN(C(=O)[C@@H](NC(=O)c2cccc(Cl)c2)S(=O)(=O)c2ccc(C)cc2)CC1. The number of halogens is 1. The molecule has 3 rings (SSSR count). The summed E-state index contributed by atoms with van der Waals surface area (Å²) < 4.78 is 26.9. The van der Waals surface area contributed by atoms with Crippen LogP contribution in [0.2, 0.25) is 5.02 Å². The molecule has 33 heavy (non-hydrogen) atoms. The van der Waals surface area contributed by atoms with Crippen molar-refractivity contribution in [2.75, 3.05) is 26.2 Å². The molecule has 10 heteroatoms. The number of aryl methyl sites for hydroxylation is 1. The van der Waals surface area contributed by atoms with E-state index >= 15 is 0 Å². The molecule has 1 fully saturated rings. The van der Waals surface area contributed by atoms with Crippen LogP contribution in [0.4, 0.5) is 0 Å². The average molecular weight is 492 g/mol. The number of carbonyl (C=O) groups excluding carboxylic acids is 3. The monoisotopic (exact) mass is 491 g/mol. The molecule has 3 amide bonds. The van der Waals surface area contributed by atoms with Crippen LogP contribution in [-0.2, 0) is 19.4 Å². The lowest BCUT2D eigenvalue weighted by molar-refractivity contribution is -0.139. The van der Waals surface area contributed by atoms with Gasteiger partial charge in [-0.15, -0.1) is 0 Å². The predicted molar refractivity (Wildman–Crippen MR) is 125 cm³/mol. The van der Waals surface area contributed by atoms with E-state index in [1.807, 2.05) is 6.92 Å². The summed E-state index contributed by atoms with van der Waals surface area (Å²) in [6, 6.07) is 12.1. The standard InChI is InChI=1S/C23H26ClN3O5S/c1-3-20(28)26-11-13-27(14-12-26)23(30)22(25-21(29)17-5-4-6-18(24)15-17)33(31,32)19-9-7-16(2)8-10-19/h4-10,15,22H,3,11-14H2,1-2H3,(H,25,29)/t22-/m0/s1. The molecule has 1 aliphatic rings. The van der Waals surface area contributed by atoms with Gasteiger partial charge < -0.3 is 15.1 Å². The van der Waals surface area contributed by atoms with Gasteiger partial charge >= 0.3 is 0 Å². The van der Waals surface area contributed by atoms with Crippen molar-refractivity contribution in [1.29, 1.82) is 0 Å². The number of benzene rings is 2. The van der Waals surface area contributed by atoms with Crippen molar-refractivity contribution in [2.24, 2.45) is 0 Å². The summed E-state index contributed by atoms with van der Waals surface area (Å²) in [6.45, 7) is 4.54. The zero-order valence-corrected chi connectivity index (χ0v) is 20.0. The lowest BCUT2D eigenvalue weighted by Gasteiger charge is -2.36. The number of nitrogens with one attached hydrogen (secondary N) is 1. The van der Waals surface area contributed by atoms with Crippen molar-refractivity contribution in [3.63, 3.8) is 0 Å². The number of amides is 3. The highest BCUT2D eigenvalue weighted by atomic mass is 35.5. The Morgan fingerprint density at radius 3 is 2.18 bits per heavy atom. The quantitative estimate of drug-likeness (QED) is 0.667. The fraction of sp³-hybridized carbons (Fsp3) is 0.348. The second kappa shape index (κ2) is 10.4. The van der Waals surface area contributed by atoms with Crippen molar-refractivity contribution in [3.05, 3.63) is 64.7 Å². The van der Waals surface area contributed by atoms with Crippen molar-refractivity contribution >= 4 is 39.2 Å². The highest BCUT2D eigenvalue weighted by Gasteiger charge is 2.39. The highest BCUT2D eigenvalue weighted by Crippen LogP contribution is 2.19. The lowest BCUT2D eigenvalue weighted by Crippen LogP contribution is -2.57. The number of rotatable bonds is 6. The Hall–Kier alpha value is -2.91. The molecule has 0 aromatic heterocycles. The van der Waals surface area contributed by atoms with E-state index in [1.165, 1.54) is 29.2 Å². The average Bonchev–Trinajstić information content (AvgIpc) is 2.81. The van der Waals surface area contributed by atoms with Crippen LogP contribution in [0.5, 0.6) is 0 Å². The minimum absolute atomic E-state index is 0.0276. The van der Waals surface area contributed by atoms with E-state index in [4.69, 9.17) is 11.6 Å². The van der Waals surface area contributed by atoms with Gasteiger partial charge in [0.05, 0.1) is 4.90 Å². The zero-order valence-electron chi connectivity index (χ0n) is 18.5. The van der Waals surface area contributed by atoms with Gasteiger partial charge in [0.1, 0.15) is 0 Å². The molecule has 2 aromatic rings. The van der Waals surface area contributed by atoms with Gasteiger partial charge in [0.25, 0.3) is 11.8 Å². The first-order valence-corrected chi connectivity index (χ1v) is 12.5. The number of hydrogen-bond acceptors (Lipinski definition) is 5. The van der Waals surface area contributed by atoms with Crippen LogP contribution in [-0.4, -0.2) is 67.5 Å². The summed E-state index contributed by atoms with van der Waals surface area (Å²) in [4.78, 5) is 41.1. The number of hydrogen-bond donors (Lipinski definition) is 1.